The van der Waals surface area contributed by atoms with Crippen molar-refractivity contribution in [3.05, 3.63) is 35.4 Å². The van der Waals surface area contributed by atoms with E-state index >= 15 is 0 Å². The molecule has 0 spiro atoms. The van der Waals surface area contributed by atoms with E-state index in [-0.39, 0.29) is 11.8 Å². The third-order valence-electron chi connectivity index (χ3n) is 5.09. The number of likely N-dealkylation sites (tertiary alicyclic amines) is 1. The number of nitrogens with one attached hydrogen (secondary N) is 1. The van der Waals surface area contributed by atoms with E-state index in [0.29, 0.717) is 19.5 Å². The number of piperidine rings is 1. The molecule has 1 amide bonds. The molecule has 134 valence electrons. The second-order valence-corrected chi connectivity index (χ2v) is 7.40. The normalized spacial score (nSPS) is 19.0. The molecule has 2 unspecified atom stereocenters. The number of aliphatic hydroxyl groups is 1. The number of amides is 1. The fraction of sp³-hybridized carbons (Fsp3) is 0.650. The van der Waals surface area contributed by atoms with Crippen LogP contribution in [0.1, 0.15) is 50.2 Å². The van der Waals surface area contributed by atoms with E-state index in [2.05, 4.69) is 43.1 Å². The van der Waals surface area contributed by atoms with Gasteiger partial charge in [-0.2, -0.15) is 0 Å². The molecule has 0 radical (unpaired) electrons. The summed E-state index contributed by atoms with van der Waals surface area (Å²) in [5, 5.41) is 13.0. The Kier molecular flexibility index (Phi) is 7.25. The molecule has 1 aliphatic heterocycles. The number of β-amino-alcohol motifs (C(OH)–C–C–N with tert-alkyl or cyclic N) is 1. The summed E-state index contributed by atoms with van der Waals surface area (Å²) in [5.41, 5.74) is 2.44. The molecule has 1 aromatic carbocycles. The van der Waals surface area contributed by atoms with Gasteiger partial charge < -0.3 is 15.3 Å². The predicted octanol–water partition coefficient (Wildman–Crippen LogP) is 2.70. The average Bonchev–Trinajstić information content (AvgIpc) is 2.55. The first kappa shape index (κ1) is 18.9. The molecule has 2 rings (SSSR count). The van der Waals surface area contributed by atoms with Crippen molar-refractivity contribution < 1.29 is 9.90 Å². The van der Waals surface area contributed by atoms with Gasteiger partial charge in [-0.15, -0.1) is 0 Å². The fourth-order valence-corrected chi connectivity index (χ4v) is 3.44. The maximum Gasteiger partial charge on any atom is 0.220 e. The zero-order chi connectivity index (χ0) is 17.5. The number of benzene rings is 1. The van der Waals surface area contributed by atoms with Crippen molar-refractivity contribution in [2.75, 3.05) is 26.2 Å². The summed E-state index contributed by atoms with van der Waals surface area (Å²) in [6, 6.07) is 8.19. The van der Waals surface area contributed by atoms with Crippen LogP contribution in [-0.4, -0.2) is 48.2 Å². The van der Waals surface area contributed by atoms with E-state index in [1.54, 1.807) is 0 Å². The van der Waals surface area contributed by atoms with Crippen LogP contribution in [0.25, 0.3) is 0 Å². The van der Waals surface area contributed by atoms with Crippen molar-refractivity contribution in [3.8, 4) is 0 Å². The summed E-state index contributed by atoms with van der Waals surface area (Å²) >= 11 is 0. The van der Waals surface area contributed by atoms with Crippen molar-refractivity contribution in [2.45, 2.75) is 52.1 Å². The van der Waals surface area contributed by atoms with E-state index in [9.17, 15) is 9.90 Å². The minimum absolute atomic E-state index is 0.0112. The molecule has 0 bridgehead atoms. The average molecular weight is 332 g/mol. The molecule has 24 heavy (non-hydrogen) atoms. The standard InChI is InChI=1S/C20H32N2O2/c1-15-8-10-22(11-9-15)14-18(23)13-21-20(24)12-17(3)19-7-5-4-6-16(19)2/h4-7,15,17-18,23H,8-14H2,1-3H3,(H,21,24). The van der Waals surface area contributed by atoms with Gasteiger partial charge in [-0.1, -0.05) is 38.1 Å². The number of carbonyl (C=O) groups excluding carboxylic acids is 1. The van der Waals surface area contributed by atoms with Gasteiger partial charge >= 0.3 is 0 Å². The lowest BCUT2D eigenvalue weighted by atomic mass is 9.93. The molecule has 1 aromatic rings. The lowest BCUT2D eigenvalue weighted by Crippen LogP contribution is -2.43. The number of rotatable bonds is 7. The Morgan fingerprint density at radius 2 is 2.00 bits per heavy atom. The quantitative estimate of drug-likeness (QED) is 0.807. The second-order valence-electron chi connectivity index (χ2n) is 7.40. The van der Waals surface area contributed by atoms with E-state index in [4.69, 9.17) is 0 Å². The summed E-state index contributed by atoms with van der Waals surface area (Å²) < 4.78 is 0. The highest BCUT2D eigenvalue weighted by Crippen LogP contribution is 2.22. The molecular formula is C20H32N2O2. The van der Waals surface area contributed by atoms with Gasteiger partial charge in [0.05, 0.1) is 6.10 Å². The van der Waals surface area contributed by atoms with Crippen molar-refractivity contribution in [1.82, 2.24) is 10.2 Å². The van der Waals surface area contributed by atoms with Gasteiger partial charge in [0.2, 0.25) is 5.91 Å². The molecule has 0 aliphatic carbocycles. The monoisotopic (exact) mass is 332 g/mol. The van der Waals surface area contributed by atoms with Crippen molar-refractivity contribution in [3.63, 3.8) is 0 Å². The number of aliphatic hydroxyl groups excluding tert-OH is 1. The fourth-order valence-electron chi connectivity index (χ4n) is 3.44. The lowest BCUT2D eigenvalue weighted by Gasteiger charge is -2.31. The summed E-state index contributed by atoms with van der Waals surface area (Å²) in [6.07, 6.45) is 2.37. The molecule has 0 saturated carbocycles. The highest BCUT2D eigenvalue weighted by molar-refractivity contribution is 5.76. The Bertz CT molecular complexity index is 524. The number of aryl methyl sites for hydroxylation is 1. The Labute approximate surface area is 146 Å². The highest BCUT2D eigenvalue weighted by Gasteiger charge is 2.19. The summed E-state index contributed by atoms with van der Waals surface area (Å²) in [7, 11) is 0. The van der Waals surface area contributed by atoms with Crippen LogP contribution < -0.4 is 5.32 Å². The van der Waals surface area contributed by atoms with E-state index in [1.165, 1.54) is 24.0 Å². The van der Waals surface area contributed by atoms with E-state index < -0.39 is 6.10 Å². The molecule has 2 N–H and O–H groups in total. The van der Waals surface area contributed by atoms with Crippen LogP contribution in [-0.2, 0) is 4.79 Å². The molecule has 4 heteroatoms. The highest BCUT2D eigenvalue weighted by atomic mass is 16.3. The number of nitrogens with zero attached hydrogens (tertiary/aromatic N) is 1. The molecule has 4 nitrogen and oxygen atoms in total. The summed E-state index contributed by atoms with van der Waals surface area (Å²) in [4.78, 5) is 14.4. The van der Waals surface area contributed by atoms with Crippen LogP contribution in [0.2, 0.25) is 0 Å². The van der Waals surface area contributed by atoms with Gasteiger partial charge in [0.1, 0.15) is 0 Å². The van der Waals surface area contributed by atoms with E-state index in [1.807, 2.05) is 12.1 Å². The van der Waals surface area contributed by atoms with Crippen molar-refractivity contribution in [2.24, 2.45) is 5.92 Å². The molecule has 0 aromatic heterocycles. The molecule has 1 heterocycles. The topological polar surface area (TPSA) is 52.6 Å². The van der Waals surface area contributed by atoms with Gasteiger partial charge in [0.25, 0.3) is 0 Å². The Morgan fingerprint density at radius 3 is 2.67 bits per heavy atom. The summed E-state index contributed by atoms with van der Waals surface area (Å²) in [5.74, 6) is 0.991. The second kappa shape index (κ2) is 9.19. The number of hydrogen-bond acceptors (Lipinski definition) is 3. The zero-order valence-corrected chi connectivity index (χ0v) is 15.3. The van der Waals surface area contributed by atoms with Crippen LogP contribution in [0.5, 0.6) is 0 Å². The predicted molar refractivity (Wildman–Crippen MR) is 98.1 cm³/mol. The third kappa shape index (κ3) is 5.91. The SMILES string of the molecule is Cc1ccccc1C(C)CC(=O)NCC(O)CN1CCC(C)CC1. The van der Waals surface area contributed by atoms with Crippen LogP contribution in [0.3, 0.4) is 0 Å². The first-order chi connectivity index (χ1) is 11.5. The number of hydrogen-bond donors (Lipinski definition) is 2. The zero-order valence-electron chi connectivity index (χ0n) is 15.3. The minimum Gasteiger partial charge on any atom is -0.390 e. The first-order valence-corrected chi connectivity index (χ1v) is 9.18. The lowest BCUT2D eigenvalue weighted by molar-refractivity contribution is -0.121. The largest absolute Gasteiger partial charge is 0.390 e. The van der Waals surface area contributed by atoms with Gasteiger partial charge in [0.15, 0.2) is 0 Å². The van der Waals surface area contributed by atoms with Gasteiger partial charge in [-0.25, -0.2) is 0 Å². The van der Waals surface area contributed by atoms with Crippen LogP contribution >= 0.6 is 0 Å². The Hall–Kier alpha value is -1.39. The van der Waals surface area contributed by atoms with Crippen molar-refractivity contribution >= 4 is 5.91 Å². The smallest absolute Gasteiger partial charge is 0.220 e. The molecular weight excluding hydrogens is 300 g/mol. The van der Waals surface area contributed by atoms with Gasteiger partial charge in [-0.05, 0) is 55.8 Å². The first-order valence-electron chi connectivity index (χ1n) is 9.18. The minimum atomic E-state index is -0.490. The molecule has 2 atom stereocenters. The third-order valence-corrected chi connectivity index (χ3v) is 5.09. The van der Waals surface area contributed by atoms with Crippen LogP contribution in [0, 0.1) is 12.8 Å². The maximum absolute atomic E-state index is 12.1. The molecule has 1 aliphatic rings. The Balaban J connectivity index is 1.69. The molecule has 1 fully saturated rings. The maximum atomic E-state index is 12.1. The van der Waals surface area contributed by atoms with Crippen LogP contribution in [0.15, 0.2) is 24.3 Å². The van der Waals surface area contributed by atoms with Crippen molar-refractivity contribution in [1.29, 1.82) is 0 Å². The Morgan fingerprint density at radius 1 is 1.33 bits per heavy atom. The van der Waals surface area contributed by atoms with Gasteiger partial charge in [0, 0.05) is 19.5 Å². The number of carbonyl (C=O) groups is 1. The summed E-state index contributed by atoms with van der Waals surface area (Å²) in [6.45, 7) is 9.53. The van der Waals surface area contributed by atoms with Gasteiger partial charge in [-0.3, -0.25) is 4.79 Å². The van der Waals surface area contributed by atoms with Crippen LogP contribution in [0.4, 0.5) is 0 Å². The molecule has 1 saturated heterocycles. The van der Waals surface area contributed by atoms with E-state index in [0.717, 1.165) is 19.0 Å².